The number of fused-ring (bicyclic) bond motifs is 1. The van der Waals surface area contributed by atoms with Gasteiger partial charge in [-0.15, -0.1) is 0 Å². The molecule has 0 radical (unpaired) electrons. The number of carbonyl (C=O) groups excluding carboxylic acids is 1. The molecule has 2 heterocycles. The van der Waals surface area contributed by atoms with Crippen molar-refractivity contribution in [3.63, 3.8) is 0 Å². The molecule has 2 aromatic carbocycles. The molecule has 1 saturated heterocycles. The largest absolute Gasteiger partial charge is 0.357 e. The average molecular weight is 408 g/mol. The summed E-state index contributed by atoms with van der Waals surface area (Å²) >= 11 is 7.31. The molecule has 1 N–H and O–H groups in total. The quantitative estimate of drug-likeness (QED) is 0.674. The Morgan fingerprint density at radius 3 is 2.96 bits per heavy atom. The lowest BCUT2D eigenvalue weighted by Crippen LogP contribution is -2.31. The standard InChI is InChI=1S/C19H16ClF2N3OS/c1-10-2-3-14(20)13(6-10)18(26)25-5-4-12(9-25)23-19-24-16-8-11(21)7-15(22)17(16)27-19/h2-3,6-8,12H,4-5,9H2,1H3,(H,23,24). The Hall–Kier alpha value is -2.25. The van der Waals surface area contributed by atoms with Gasteiger partial charge in [0, 0.05) is 31.3 Å². The first-order valence-corrected chi connectivity index (χ1v) is 9.67. The van der Waals surface area contributed by atoms with E-state index in [1.807, 2.05) is 13.0 Å². The average Bonchev–Trinajstić information content (AvgIpc) is 3.23. The van der Waals surface area contributed by atoms with Gasteiger partial charge in [0.05, 0.1) is 20.8 Å². The van der Waals surface area contributed by atoms with Gasteiger partial charge in [0.2, 0.25) is 0 Å². The molecule has 1 fully saturated rings. The molecule has 1 unspecified atom stereocenters. The molecule has 140 valence electrons. The highest BCUT2D eigenvalue weighted by Crippen LogP contribution is 2.30. The van der Waals surface area contributed by atoms with Crippen LogP contribution in [-0.2, 0) is 0 Å². The second kappa shape index (κ2) is 7.05. The second-order valence-electron chi connectivity index (χ2n) is 6.62. The van der Waals surface area contributed by atoms with E-state index in [9.17, 15) is 13.6 Å². The van der Waals surface area contributed by atoms with E-state index in [0.29, 0.717) is 33.5 Å². The van der Waals surface area contributed by atoms with Crippen molar-refractivity contribution in [3.8, 4) is 0 Å². The van der Waals surface area contributed by atoms with E-state index in [1.165, 1.54) is 6.07 Å². The summed E-state index contributed by atoms with van der Waals surface area (Å²) in [7, 11) is 0. The Labute approximate surface area is 163 Å². The number of amides is 1. The normalized spacial score (nSPS) is 16.9. The molecular formula is C19H16ClF2N3OS. The molecule has 1 aliphatic rings. The predicted octanol–water partition coefficient (Wildman–Crippen LogP) is 4.86. The number of aryl methyl sites for hydroxylation is 1. The smallest absolute Gasteiger partial charge is 0.255 e. The molecule has 3 aromatic rings. The maximum Gasteiger partial charge on any atom is 0.255 e. The minimum Gasteiger partial charge on any atom is -0.357 e. The van der Waals surface area contributed by atoms with E-state index < -0.39 is 11.6 Å². The van der Waals surface area contributed by atoms with Gasteiger partial charge in [0.25, 0.3) is 5.91 Å². The minimum absolute atomic E-state index is 0.00833. The van der Waals surface area contributed by atoms with Crippen LogP contribution in [0.5, 0.6) is 0 Å². The zero-order valence-corrected chi connectivity index (χ0v) is 16.0. The molecule has 8 heteroatoms. The van der Waals surface area contributed by atoms with Crippen LogP contribution in [-0.4, -0.2) is 34.9 Å². The molecule has 0 aliphatic carbocycles. The van der Waals surface area contributed by atoms with Crippen LogP contribution >= 0.6 is 22.9 Å². The lowest BCUT2D eigenvalue weighted by atomic mass is 10.1. The van der Waals surface area contributed by atoms with Gasteiger partial charge in [-0.25, -0.2) is 13.8 Å². The van der Waals surface area contributed by atoms with E-state index in [4.69, 9.17) is 11.6 Å². The number of nitrogens with zero attached hydrogens (tertiary/aromatic N) is 2. The molecular weight excluding hydrogens is 392 g/mol. The van der Waals surface area contributed by atoms with E-state index >= 15 is 0 Å². The lowest BCUT2D eigenvalue weighted by molar-refractivity contribution is 0.0791. The molecule has 27 heavy (non-hydrogen) atoms. The number of hydrogen-bond donors (Lipinski definition) is 1. The lowest BCUT2D eigenvalue weighted by Gasteiger charge is -2.18. The molecule has 0 bridgehead atoms. The second-order valence-corrected chi connectivity index (χ2v) is 8.03. The highest BCUT2D eigenvalue weighted by atomic mass is 35.5. The van der Waals surface area contributed by atoms with Gasteiger partial charge in [-0.1, -0.05) is 34.6 Å². The van der Waals surface area contributed by atoms with Crippen molar-refractivity contribution in [2.24, 2.45) is 0 Å². The SMILES string of the molecule is Cc1ccc(Cl)c(C(=O)N2CCC(Nc3nc4cc(F)cc(F)c4s3)C2)c1. The molecule has 1 aromatic heterocycles. The number of thiazole rings is 1. The van der Waals surface area contributed by atoms with Gasteiger partial charge in [-0.2, -0.15) is 0 Å². The van der Waals surface area contributed by atoms with E-state index in [2.05, 4.69) is 10.3 Å². The Morgan fingerprint density at radius 1 is 1.33 bits per heavy atom. The van der Waals surface area contributed by atoms with E-state index in [0.717, 1.165) is 29.4 Å². The third-order valence-electron chi connectivity index (χ3n) is 4.56. The number of likely N-dealkylation sites (tertiary alicyclic amines) is 1. The zero-order valence-electron chi connectivity index (χ0n) is 14.4. The summed E-state index contributed by atoms with van der Waals surface area (Å²) in [6.45, 7) is 3.00. The van der Waals surface area contributed by atoms with Gasteiger partial charge < -0.3 is 10.2 Å². The summed E-state index contributed by atoms with van der Waals surface area (Å²) in [5.74, 6) is -1.37. The third-order valence-corrected chi connectivity index (χ3v) is 5.91. The summed E-state index contributed by atoms with van der Waals surface area (Å²) in [5, 5.41) is 4.18. The highest BCUT2D eigenvalue weighted by molar-refractivity contribution is 7.22. The third kappa shape index (κ3) is 3.61. The predicted molar refractivity (Wildman–Crippen MR) is 104 cm³/mol. The highest BCUT2D eigenvalue weighted by Gasteiger charge is 2.28. The zero-order chi connectivity index (χ0) is 19.1. The maximum absolute atomic E-state index is 13.8. The summed E-state index contributed by atoms with van der Waals surface area (Å²) in [6.07, 6.45) is 0.738. The molecule has 0 spiro atoms. The van der Waals surface area contributed by atoms with Crippen molar-refractivity contribution in [2.45, 2.75) is 19.4 Å². The maximum atomic E-state index is 13.8. The number of aromatic nitrogens is 1. The number of carbonyl (C=O) groups is 1. The van der Waals surface area contributed by atoms with Crippen LogP contribution in [0.4, 0.5) is 13.9 Å². The van der Waals surface area contributed by atoms with Crippen molar-refractivity contribution in [1.82, 2.24) is 9.88 Å². The summed E-state index contributed by atoms with van der Waals surface area (Å²) in [5.41, 5.74) is 1.76. The van der Waals surface area contributed by atoms with Gasteiger partial charge in [0.1, 0.15) is 11.6 Å². The molecule has 1 atom stereocenters. The van der Waals surface area contributed by atoms with Gasteiger partial charge >= 0.3 is 0 Å². The number of nitrogens with one attached hydrogen (secondary N) is 1. The number of benzene rings is 2. The number of halogens is 3. The summed E-state index contributed by atoms with van der Waals surface area (Å²) in [6, 6.07) is 7.44. The van der Waals surface area contributed by atoms with Crippen molar-refractivity contribution < 1.29 is 13.6 Å². The Bertz CT molecular complexity index is 1040. The van der Waals surface area contributed by atoms with Crippen LogP contribution in [0.1, 0.15) is 22.3 Å². The number of hydrogen-bond acceptors (Lipinski definition) is 4. The van der Waals surface area contributed by atoms with E-state index in [-0.39, 0.29) is 17.5 Å². The van der Waals surface area contributed by atoms with Crippen LogP contribution in [0, 0.1) is 18.6 Å². The monoisotopic (exact) mass is 407 g/mol. The first-order chi connectivity index (χ1) is 12.9. The fourth-order valence-electron chi connectivity index (χ4n) is 3.23. The molecule has 0 saturated carbocycles. The summed E-state index contributed by atoms with van der Waals surface area (Å²) in [4.78, 5) is 18.7. The van der Waals surface area contributed by atoms with Crippen LogP contribution in [0.15, 0.2) is 30.3 Å². The minimum atomic E-state index is -0.649. The first-order valence-electron chi connectivity index (χ1n) is 8.48. The first kappa shape index (κ1) is 18.1. The van der Waals surface area contributed by atoms with Crippen molar-refractivity contribution >= 4 is 44.2 Å². The molecule has 1 amide bonds. The van der Waals surface area contributed by atoms with Crippen molar-refractivity contribution in [1.29, 1.82) is 0 Å². The Morgan fingerprint density at radius 2 is 2.15 bits per heavy atom. The summed E-state index contributed by atoms with van der Waals surface area (Å²) < 4.78 is 27.5. The van der Waals surface area contributed by atoms with Crippen molar-refractivity contribution in [2.75, 3.05) is 18.4 Å². The van der Waals surface area contributed by atoms with E-state index in [1.54, 1.807) is 17.0 Å². The number of rotatable bonds is 3. The van der Waals surface area contributed by atoms with Crippen LogP contribution in [0.25, 0.3) is 10.2 Å². The van der Waals surface area contributed by atoms with Crippen LogP contribution in [0.2, 0.25) is 5.02 Å². The molecule has 4 rings (SSSR count). The fraction of sp³-hybridized carbons (Fsp3) is 0.263. The molecule has 1 aliphatic heterocycles. The Kier molecular flexibility index (Phi) is 4.74. The molecule has 4 nitrogen and oxygen atoms in total. The van der Waals surface area contributed by atoms with Crippen LogP contribution in [0.3, 0.4) is 0 Å². The van der Waals surface area contributed by atoms with Crippen LogP contribution < -0.4 is 5.32 Å². The topological polar surface area (TPSA) is 45.2 Å². The Balaban J connectivity index is 1.48. The number of anilines is 1. The van der Waals surface area contributed by atoms with Gasteiger partial charge in [-0.3, -0.25) is 4.79 Å². The van der Waals surface area contributed by atoms with Crippen molar-refractivity contribution in [3.05, 3.63) is 58.1 Å². The fourth-order valence-corrected chi connectivity index (χ4v) is 4.36. The van der Waals surface area contributed by atoms with Gasteiger partial charge in [0.15, 0.2) is 5.13 Å². The van der Waals surface area contributed by atoms with Gasteiger partial charge in [-0.05, 0) is 25.5 Å².